The lowest BCUT2D eigenvalue weighted by Gasteiger charge is -2.35. The van der Waals surface area contributed by atoms with E-state index in [1.54, 1.807) is 26.0 Å². The summed E-state index contributed by atoms with van der Waals surface area (Å²) in [6.07, 6.45) is 6.56. The predicted molar refractivity (Wildman–Crippen MR) is 136 cm³/mol. The molecule has 0 bridgehead atoms. The molecule has 4 rings (SSSR count). The molecule has 8 nitrogen and oxygen atoms in total. The fourth-order valence-corrected chi connectivity index (χ4v) is 5.13. The van der Waals surface area contributed by atoms with Gasteiger partial charge in [-0.05, 0) is 93.2 Å². The highest BCUT2D eigenvalue weighted by molar-refractivity contribution is 5.99. The van der Waals surface area contributed by atoms with Gasteiger partial charge in [-0.15, -0.1) is 0 Å². The van der Waals surface area contributed by atoms with Crippen molar-refractivity contribution in [3.63, 3.8) is 0 Å². The van der Waals surface area contributed by atoms with Crippen LogP contribution >= 0.6 is 0 Å². The molecule has 36 heavy (non-hydrogen) atoms. The normalized spacial score (nSPS) is 19.2. The molecule has 0 spiro atoms. The maximum Gasteiger partial charge on any atom is 0.326 e. The Labute approximate surface area is 212 Å². The van der Waals surface area contributed by atoms with Crippen molar-refractivity contribution in [2.45, 2.75) is 70.9 Å². The minimum atomic E-state index is -1.09. The molecule has 190 valence electrons. The number of hydrogen-bond donors (Lipinski definition) is 3. The van der Waals surface area contributed by atoms with Crippen molar-refractivity contribution in [2.24, 2.45) is 5.92 Å². The number of hydrogen-bond acceptors (Lipinski definition) is 6. The first-order chi connectivity index (χ1) is 17.3. The van der Waals surface area contributed by atoms with E-state index < -0.39 is 17.9 Å². The Hall–Kier alpha value is -3.44. The number of nitrogens with one attached hydrogen (secondary N) is 2. The first-order valence-electron chi connectivity index (χ1n) is 12.7. The molecule has 1 aromatic heterocycles. The zero-order valence-corrected chi connectivity index (χ0v) is 21.0. The van der Waals surface area contributed by atoms with Gasteiger partial charge in [0.2, 0.25) is 0 Å². The number of carbonyl (C=O) groups is 2. The fraction of sp³-hybridized carbons (Fsp3) is 0.500. The number of aromatic nitrogens is 1. The van der Waals surface area contributed by atoms with Crippen LogP contribution in [0.1, 0.15) is 70.4 Å². The fourth-order valence-electron chi connectivity index (χ4n) is 5.13. The number of rotatable bonds is 10. The molecule has 1 aromatic carbocycles. The third-order valence-electron chi connectivity index (χ3n) is 7.21. The molecule has 1 atom stereocenters. The molecular weight excluding hydrogens is 456 g/mol. The quantitative estimate of drug-likeness (QED) is 0.461. The molecule has 2 aromatic rings. The van der Waals surface area contributed by atoms with Crippen molar-refractivity contribution in [2.75, 3.05) is 18.5 Å². The van der Waals surface area contributed by atoms with Gasteiger partial charge in [-0.3, -0.25) is 4.79 Å². The number of nitriles is 1. The smallest absolute Gasteiger partial charge is 0.326 e. The Morgan fingerprint density at radius 2 is 2.03 bits per heavy atom. The summed E-state index contributed by atoms with van der Waals surface area (Å²) in [7, 11) is 0. The van der Waals surface area contributed by atoms with Crippen LogP contribution in [0, 0.1) is 31.1 Å². The Morgan fingerprint density at radius 3 is 2.72 bits per heavy atom. The molecule has 8 heteroatoms. The van der Waals surface area contributed by atoms with Crippen molar-refractivity contribution < 1.29 is 19.4 Å². The largest absolute Gasteiger partial charge is 0.480 e. The molecule has 1 aliphatic heterocycles. The lowest BCUT2D eigenvalue weighted by Crippen LogP contribution is -2.42. The van der Waals surface area contributed by atoms with Gasteiger partial charge < -0.3 is 20.5 Å². The Morgan fingerprint density at radius 1 is 1.28 bits per heavy atom. The predicted octanol–water partition coefficient (Wildman–Crippen LogP) is 3.93. The molecule has 2 heterocycles. The van der Waals surface area contributed by atoms with Gasteiger partial charge in [0.1, 0.15) is 11.9 Å². The van der Waals surface area contributed by atoms with E-state index in [0.717, 1.165) is 56.6 Å². The number of carboxylic acids is 1. The van der Waals surface area contributed by atoms with Gasteiger partial charge in [0, 0.05) is 30.8 Å². The molecule has 1 saturated carbocycles. The van der Waals surface area contributed by atoms with Crippen molar-refractivity contribution in [1.82, 2.24) is 10.3 Å². The van der Waals surface area contributed by atoms with Gasteiger partial charge in [-0.25, -0.2) is 9.78 Å². The summed E-state index contributed by atoms with van der Waals surface area (Å²) in [6, 6.07) is 8.62. The molecule has 1 fully saturated rings. The topological polar surface area (TPSA) is 124 Å². The van der Waals surface area contributed by atoms with Crippen LogP contribution in [0.25, 0.3) is 0 Å². The summed E-state index contributed by atoms with van der Waals surface area (Å²) in [6.45, 7) is 4.75. The second-order valence-electron chi connectivity index (χ2n) is 9.96. The summed E-state index contributed by atoms with van der Waals surface area (Å²) in [4.78, 5) is 29.3. The lowest BCUT2D eigenvalue weighted by atomic mass is 9.79. The minimum Gasteiger partial charge on any atom is -0.480 e. The summed E-state index contributed by atoms with van der Waals surface area (Å²) in [5.41, 5.74) is 4.60. The number of fused-ring (bicyclic) bond motifs is 1. The van der Waals surface area contributed by atoms with Crippen LogP contribution in [-0.2, 0) is 22.4 Å². The van der Waals surface area contributed by atoms with Crippen molar-refractivity contribution in [1.29, 1.82) is 5.26 Å². The maximum atomic E-state index is 12.8. The molecule has 3 N–H and O–H groups in total. The summed E-state index contributed by atoms with van der Waals surface area (Å²) >= 11 is 0. The molecule has 1 aliphatic carbocycles. The van der Waals surface area contributed by atoms with Crippen LogP contribution < -0.4 is 10.6 Å². The second kappa shape index (κ2) is 11.5. The summed E-state index contributed by atoms with van der Waals surface area (Å²) < 4.78 is 5.90. The highest BCUT2D eigenvalue weighted by Crippen LogP contribution is 2.34. The van der Waals surface area contributed by atoms with Crippen LogP contribution in [0.2, 0.25) is 0 Å². The average Bonchev–Trinajstić information content (AvgIpc) is 2.83. The van der Waals surface area contributed by atoms with Crippen LogP contribution in [0.5, 0.6) is 0 Å². The monoisotopic (exact) mass is 490 g/mol. The Balaban J connectivity index is 1.19. The van der Waals surface area contributed by atoms with E-state index in [4.69, 9.17) is 15.0 Å². The third kappa shape index (κ3) is 6.21. The number of anilines is 1. The summed E-state index contributed by atoms with van der Waals surface area (Å²) in [5.74, 6) is 0.0993. The summed E-state index contributed by atoms with van der Waals surface area (Å²) in [5, 5.41) is 24.7. The number of carbonyl (C=O) groups excluding carboxylic acids is 1. The second-order valence-corrected chi connectivity index (χ2v) is 9.96. The van der Waals surface area contributed by atoms with Crippen LogP contribution in [0.4, 0.5) is 5.82 Å². The van der Waals surface area contributed by atoms with Gasteiger partial charge >= 0.3 is 5.97 Å². The number of amides is 1. The maximum absolute atomic E-state index is 12.8. The van der Waals surface area contributed by atoms with Crippen molar-refractivity contribution >= 4 is 17.7 Å². The number of aliphatic carboxylic acids is 1. The molecule has 2 aliphatic rings. The molecule has 0 saturated heterocycles. The standard InChI is InChI=1S/C28H34N4O4/c1-17-12-20(16-29)13-18(2)25(17)27(33)32-24(28(34)35)9-11-36-23-14-19(15-23)5-7-22-8-6-21-4-3-10-30-26(21)31-22/h6,8,12-13,19,23-24H,3-5,7,9-11,14-15H2,1-2H3,(H,30,31)(H,32,33)(H,34,35)/t19-,23+,24-/m0/s1. The number of benzene rings is 1. The average molecular weight is 491 g/mol. The Kier molecular flexibility index (Phi) is 8.21. The lowest BCUT2D eigenvalue weighted by molar-refractivity contribution is -0.140. The zero-order valence-electron chi connectivity index (χ0n) is 21.0. The molecular formula is C28H34N4O4. The number of pyridine rings is 1. The SMILES string of the molecule is Cc1cc(C#N)cc(C)c1C(=O)N[C@@H](CCO[C@H]1C[C@@H](CCc2ccc3c(n2)NCCC3)C1)C(=O)O. The van der Waals surface area contributed by atoms with E-state index in [1.165, 1.54) is 5.56 Å². The van der Waals surface area contributed by atoms with Crippen LogP contribution in [-0.4, -0.2) is 47.3 Å². The highest BCUT2D eigenvalue weighted by Gasteiger charge is 2.30. The first kappa shape index (κ1) is 25.6. The molecule has 0 unspecified atom stereocenters. The van der Waals surface area contributed by atoms with Crippen LogP contribution in [0.3, 0.4) is 0 Å². The van der Waals surface area contributed by atoms with E-state index >= 15 is 0 Å². The number of carboxylic acid groups (broad SMARTS) is 1. The van der Waals surface area contributed by atoms with Gasteiger partial charge in [0.15, 0.2) is 0 Å². The van der Waals surface area contributed by atoms with Gasteiger partial charge in [-0.1, -0.05) is 6.07 Å². The Bertz CT molecular complexity index is 1140. The van der Waals surface area contributed by atoms with Gasteiger partial charge in [-0.2, -0.15) is 5.26 Å². The van der Waals surface area contributed by atoms with E-state index in [2.05, 4.69) is 28.8 Å². The number of aryl methyl sites for hydroxylation is 4. The van der Waals surface area contributed by atoms with E-state index in [-0.39, 0.29) is 19.1 Å². The highest BCUT2D eigenvalue weighted by atomic mass is 16.5. The van der Waals surface area contributed by atoms with E-state index in [0.29, 0.717) is 28.2 Å². The zero-order chi connectivity index (χ0) is 25.7. The molecule has 1 amide bonds. The van der Waals surface area contributed by atoms with Gasteiger partial charge in [0.05, 0.1) is 17.7 Å². The van der Waals surface area contributed by atoms with E-state index in [1.807, 2.05) is 0 Å². The minimum absolute atomic E-state index is 0.140. The van der Waals surface area contributed by atoms with Gasteiger partial charge in [0.25, 0.3) is 5.91 Å². The first-order valence-corrected chi connectivity index (χ1v) is 12.7. The number of ether oxygens (including phenoxy) is 1. The third-order valence-corrected chi connectivity index (χ3v) is 7.21. The van der Waals surface area contributed by atoms with Crippen molar-refractivity contribution in [3.05, 3.63) is 57.8 Å². The molecule has 0 radical (unpaired) electrons. The van der Waals surface area contributed by atoms with Crippen molar-refractivity contribution in [3.8, 4) is 6.07 Å². The van der Waals surface area contributed by atoms with E-state index in [9.17, 15) is 14.7 Å². The number of nitrogens with zero attached hydrogens (tertiary/aromatic N) is 2. The van der Waals surface area contributed by atoms with Crippen LogP contribution in [0.15, 0.2) is 24.3 Å².